The monoisotopic (exact) mass is 300 g/mol. The summed E-state index contributed by atoms with van der Waals surface area (Å²) in [5.74, 6) is 1.35. The van der Waals surface area contributed by atoms with Crippen molar-refractivity contribution in [2.45, 2.75) is 33.2 Å². The molecule has 2 heterocycles. The topological polar surface area (TPSA) is 68.2 Å². The zero-order chi connectivity index (χ0) is 15.7. The molecule has 0 amide bonds. The van der Waals surface area contributed by atoms with Gasteiger partial charge >= 0.3 is 0 Å². The smallest absolute Gasteiger partial charge is 0.244 e. The summed E-state index contributed by atoms with van der Waals surface area (Å²) in [5, 5.41) is 4.16. The van der Waals surface area contributed by atoms with Gasteiger partial charge in [0.2, 0.25) is 11.7 Å². The van der Waals surface area contributed by atoms with E-state index < -0.39 is 0 Å². The summed E-state index contributed by atoms with van der Waals surface area (Å²) in [5.41, 5.74) is 8.27. The molecule has 1 aromatic carbocycles. The molecule has 22 heavy (non-hydrogen) atoms. The van der Waals surface area contributed by atoms with Crippen LogP contribution in [0.25, 0.3) is 11.4 Å². The first-order valence-electron chi connectivity index (χ1n) is 7.86. The Morgan fingerprint density at radius 2 is 2.18 bits per heavy atom. The molecule has 1 aliphatic heterocycles. The molecule has 0 aliphatic carbocycles. The van der Waals surface area contributed by atoms with E-state index in [-0.39, 0.29) is 11.5 Å². The largest absolute Gasteiger partial charge is 0.337 e. The van der Waals surface area contributed by atoms with Crippen LogP contribution in [-0.4, -0.2) is 34.7 Å². The number of nitrogens with zero attached hydrogens (tertiary/aromatic N) is 3. The second-order valence-electron chi connectivity index (χ2n) is 6.68. The van der Waals surface area contributed by atoms with Crippen molar-refractivity contribution >= 4 is 0 Å². The summed E-state index contributed by atoms with van der Waals surface area (Å²) >= 11 is 0. The number of nitrogens with two attached hydrogens (primary N) is 1. The highest BCUT2D eigenvalue weighted by atomic mass is 16.5. The van der Waals surface area contributed by atoms with Gasteiger partial charge in [0.25, 0.3) is 0 Å². The van der Waals surface area contributed by atoms with E-state index in [1.165, 1.54) is 0 Å². The first kappa shape index (κ1) is 15.2. The SMILES string of the molecule is Cc1ccccc1-c1noc(C(C)N2CCC(C)(CN)C2)n1. The lowest BCUT2D eigenvalue weighted by Gasteiger charge is -2.25. The Morgan fingerprint density at radius 3 is 2.86 bits per heavy atom. The van der Waals surface area contributed by atoms with Crippen molar-refractivity contribution in [1.82, 2.24) is 15.0 Å². The van der Waals surface area contributed by atoms with Crippen LogP contribution in [0.1, 0.15) is 37.8 Å². The van der Waals surface area contributed by atoms with Gasteiger partial charge in [-0.3, -0.25) is 4.90 Å². The van der Waals surface area contributed by atoms with Crippen molar-refractivity contribution in [3.8, 4) is 11.4 Å². The number of aromatic nitrogens is 2. The first-order chi connectivity index (χ1) is 10.5. The van der Waals surface area contributed by atoms with Gasteiger partial charge in [0, 0.05) is 12.1 Å². The molecule has 5 nitrogen and oxygen atoms in total. The Labute approximate surface area is 131 Å². The van der Waals surface area contributed by atoms with Gasteiger partial charge in [-0.05, 0) is 44.3 Å². The summed E-state index contributed by atoms with van der Waals surface area (Å²) in [7, 11) is 0. The predicted octanol–water partition coefficient (Wildman–Crippen LogP) is 2.78. The lowest BCUT2D eigenvalue weighted by molar-refractivity contribution is 0.188. The highest BCUT2D eigenvalue weighted by molar-refractivity contribution is 5.58. The second kappa shape index (κ2) is 5.82. The summed E-state index contributed by atoms with van der Waals surface area (Å²) in [4.78, 5) is 6.99. The lowest BCUT2D eigenvalue weighted by Crippen LogP contribution is -2.32. The number of aryl methyl sites for hydroxylation is 1. The van der Waals surface area contributed by atoms with Crippen molar-refractivity contribution in [3.05, 3.63) is 35.7 Å². The molecule has 1 aliphatic rings. The molecule has 1 aromatic heterocycles. The maximum Gasteiger partial charge on any atom is 0.244 e. The van der Waals surface area contributed by atoms with Gasteiger partial charge in [0.05, 0.1) is 6.04 Å². The molecule has 1 saturated heterocycles. The first-order valence-corrected chi connectivity index (χ1v) is 7.86. The molecule has 5 heteroatoms. The molecule has 3 rings (SSSR count). The van der Waals surface area contributed by atoms with Crippen LogP contribution in [0.3, 0.4) is 0 Å². The maximum atomic E-state index is 5.89. The minimum Gasteiger partial charge on any atom is -0.337 e. The van der Waals surface area contributed by atoms with E-state index in [4.69, 9.17) is 10.3 Å². The van der Waals surface area contributed by atoms with Gasteiger partial charge in [-0.25, -0.2) is 0 Å². The van der Waals surface area contributed by atoms with Crippen LogP contribution in [0.2, 0.25) is 0 Å². The Bertz CT molecular complexity index is 654. The Balaban J connectivity index is 1.78. The highest BCUT2D eigenvalue weighted by Crippen LogP contribution is 2.34. The number of rotatable bonds is 4. The fourth-order valence-corrected chi connectivity index (χ4v) is 3.05. The minimum absolute atomic E-state index is 0.124. The summed E-state index contributed by atoms with van der Waals surface area (Å²) in [6.07, 6.45) is 1.12. The number of hydrogen-bond acceptors (Lipinski definition) is 5. The van der Waals surface area contributed by atoms with Gasteiger partial charge < -0.3 is 10.3 Å². The van der Waals surface area contributed by atoms with E-state index in [2.05, 4.69) is 41.9 Å². The van der Waals surface area contributed by atoms with Crippen LogP contribution in [0.5, 0.6) is 0 Å². The number of likely N-dealkylation sites (tertiary alicyclic amines) is 1. The second-order valence-corrected chi connectivity index (χ2v) is 6.68. The van der Waals surface area contributed by atoms with Gasteiger partial charge in [0.15, 0.2) is 0 Å². The number of benzene rings is 1. The normalized spacial score (nSPS) is 23.8. The third kappa shape index (κ3) is 2.78. The molecule has 2 aromatic rings. The minimum atomic E-state index is 0.124. The van der Waals surface area contributed by atoms with Crippen molar-refractivity contribution in [1.29, 1.82) is 0 Å². The summed E-state index contributed by atoms with van der Waals surface area (Å²) in [6, 6.07) is 8.21. The average molecular weight is 300 g/mol. The zero-order valence-corrected chi connectivity index (χ0v) is 13.5. The predicted molar refractivity (Wildman–Crippen MR) is 86.2 cm³/mol. The van der Waals surface area contributed by atoms with E-state index in [1.54, 1.807) is 0 Å². The van der Waals surface area contributed by atoms with E-state index in [0.717, 1.165) is 30.6 Å². The van der Waals surface area contributed by atoms with E-state index in [9.17, 15) is 0 Å². The summed E-state index contributed by atoms with van der Waals surface area (Å²) in [6.45, 7) is 9.14. The van der Waals surface area contributed by atoms with Crippen LogP contribution < -0.4 is 5.73 Å². The van der Waals surface area contributed by atoms with Crippen LogP contribution in [-0.2, 0) is 0 Å². The van der Waals surface area contributed by atoms with Gasteiger partial charge in [0.1, 0.15) is 0 Å². The zero-order valence-electron chi connectivity index (χ0n) is 13.5. The Kier molecular flexibility index (Phi) is 4.02. The van der Waals surface area contributed by atoms with Crippen LogP contribution in [0.15, 0.2) is 28.8 Å². The molecule has 0 spiro atoms. The summed E-state index contributed by atoms with van der Waals surface area (Å²) < 4.78 is 5.52. The average Bonchev–Trinajstić information content (AvgIpc) is 3.15. The standard InChI is InChI=1S/C17H24N4O/c1-12-6-4-5-7-14(12)15-19-16(22-20-15)13(2)21-9-8-17(3,10-18)11-21/h4-7,13H,8-11,18H2,1-3H3. The van der Waals surface area contributed by atoms with Crippen LogP contribution in [0.4, 0.5) is 0 Å². The Hall–Kier alpha value is -1.72. The van der Waals surface area contributed by atoms with Crippen LogP contribution in [0, 0.1) is 12.3 Å². The quantitative estimate of drug-likeness (QED) is 0.940. The molecule has 2 unspecified atom stereocenters. The third-order valence-corrected chi connectivity index (χ3v) is 4.81. The molecule has 0 bridgehead atoms. The van der Waals surface area contributed by atoms with E-state index in [0.29, 0.717) is 18.3 Å². The molecule has 1 fully saturated rings. The molecular formula is C17H24N4O. The van der Waals surface area contributed by atoms with Gasteiger partial charge in [-0.1, -0.05) is 36.3 Å². The van der Waals surface area contributed by atoms with Crippen molar-refractivity contribution in [2.24, 2.45) is 11.1 Å². The van der Waals surface area contributed by atoms with Gasteiger partial charge in [-0.15, -0.1) is 0 Å². The Morgan fingerprint density at radius 1 is 1.41 bits per heavy atom. The number of hydrogen-bond donors (Lipinski definition) is 1. The van der Waals surface area contributed by atoms with Gasteiger partial charge in [-0.2, -0.15) is 4.98 Å². The lowest BCUT2D eigenvalue weighted by atomic mass is 9.90. The molecule has 0 radical (unpaired) electrons. The molecule has 2 atom stereocenters. The molecule has 0 saturated carbocycles. The highest BCUT2D eigenvalue weighted by Gasteiger charge is 2.36. The maximum absolute atomic E-state index is 5.89. The van der Waals surface area contributed by atoms with Crippen molar-refractivity contribution < 1.29 is 4.52 Å². The van der Waals surface area contributed by atoms with E-state index in [1.807, 2.05) is 18.2 Å². The van der Waals surface area contributed by atoms with Crippen LogP contribution >= 0.6 is 0 Å². The molecule has 118 valence electrons. The molecule has 2 N–H and O–H groups in total. The van der Waals surface area contributed by atoms with Crippen molar-refractivity contribution in [2.75, 3.05) is 19.6 Å². The van der Waals surface area contributed by atoms with E-state index >= 15 is 0 Å². The van der Waals surface area contributed by atoms with Crippen molar-refractivity contribution in [3.63, 3.8) is 0 Å². The fourth-order valence-electron chi connectivity index (χ4n) is 3.05. The molecular weight excluding hydrogens is 276 g/mol. The fraction of sp³-hybridized carbons (Fsp3) is 0.529. The third-order valence-electron chi connectivity index (χ3n) is 4.81.